The van der Waals surface area contributed by atoms with E-state index in [1.165, 1.54) is 51.5 Å². The summed E-state index contributed by atoms with van der Waals surface area (Å²) in [6.07, 6.45) is 1.52. The number of nitrogens with one attached hydrogen (secondary N) is 1. The molecular weight excluding hydrogens is 475 g/mol. The Bertz CT molecular complexity index is 1350. The molecule has 4 aromatic rings. The van der Waals surface area contributed by atoms with E-state index in [1.807, 2.05) is 0 Å². The summed E-state index contributed by atoms with van der Waals surface area (Å²) in [7, 11) is 4.58. The lowest BCUT2D eigenvalue weighted by Crippen LogP contribution is -2.39. The zero-order chi connectivity index (χ0) is 24.5. The molecule has 0 radical (unpaired) electrons. The van der Waals surface area contributed by atoms with Crippen molar-refractivity contribution in [3.05, 3.63) is 71.9 Å². The third-order valence-electron chi connectivity index (χ3n) is 5.61. The predicted molar refractivity (Wildman–Crippen MR) is 126 cm³/mol. The minimum absolute atomic E-state index is 0.00109. The number of hydrogen-bond acceptors (Lipinski definition) is 9. The smallest absolute Gasteiger partial charge is 0.211 e. The van der Waals surface area contributed by atoms with Gasteiger partial charge in [0, 0.05) is 5.56 Å². The van der Waals surface area contributed by atoms with Gasteiger partial charge in [-0.05, 0) is 36.4 Å². The summed E-state index contributed by atoms with van der Waals surface area (Å²) in [6.45, 7) is 0. The molecule has 0 saturated heterocycles. The Morgan fingerprint density at radius 1 is 1.06 bits per heavy atom. The standard InChI is InChI=1S/C24H21FN4O5S/c1-31-17-11-13(12-18(32-2)21(17)33-3)23-26-27-24-29(23)28-19(16-9-6-10-34-16)22(35-24)20(30)14-7-4-5-8-15(14)25/h4-12,19,22,28H,1-3H3. The third-order valence-corrected chi connectivity index (χ3v) is 6.82. The lowest BCUT2D eigenvalue weighted by Gasteiger charge is -2.31. The summed E-state index contributed by atoms with van der Waals surface area (Å²) < 4.78 is 38.1. The van der Waals surface area contributed by atoms with Gasteiger partial charge >= 0.3 is 0 Å². The topological polar surface area (TPSA) is 101 Å². The van der Waals surface area contributed by atoms with Gasteiger partial charge in [-0.2, -0.15) is 0 Å². The summed E-state index contributed by atoms with van der Waals surface area (Å²) in [5.41, 5.74) is 3.93. The van der Waals surface area contributed by atoms with E-state index in [1.54, 1.807) is 41.1 Å². The average molecular weight is 497 g/mol. The Balaban J connectivity index is 1.58. The molecule has 2 atom stereocenters. The Morgan fingerprint density at radius 2 is 1.80 bits per heavy atom. The lowest BCUT2D eigenvalue weighted by molar-refractivity contribution is 0.0973. The van der Waals surface area contributed by atoms with Gasteiger partial charge in [0.05, 0.1) is 33.2 Å². The number of methoxy groups -OCH3 is 3. The van der Waals surface area contributed by atoms with Crippen LogP contribution in [0.1, 0.15) is 22.2 Å². The number of benzene rings is 2. The highest BCUT2D eigenvalue weighted by atomic mass is 32.2. The molecule has 1 aliphatic rings. The predicted octanol–water partition coefficient (Wildman–Crippen LogP) is 4.35. The van der Waals surface area contributed by atoms with Gasteiger partial charge in [-0.25, -0.2) is 9.07 Å². The minimum atomic E-state index is -0.748. The number of aromatic nitrogens is 3. The van der Waals surface area contributed by atoms with Gasteiger partial charge in [0.2, 0.25) is 10.9 Å². The van der Waals surface area contributed by atoms with Gasteiger partial charge < -0.3 is 24.1 Å². The fourth-order valence-corrected chi connectivity index (χ4v) is 5.07. The van der Waals surface area contributed by atoms with E-state index >= 15 is 0 Å². The van der Waals surface area contributed by atoms with Gasteiger partial charge in [0.25, 0.3) is 0 Å². The zero-order valence-electron chi connectivity index (χ0n) is 19.0. The van der Waals surface area contributed by atoms with Gasteiger partial charge in [-0.3, -0.25) is 4.79 Å². The summed E-state index contributed by atoms with van der Waals surface area (Å²) in [4.78, 5) is 13.4. The Hall–Kier alpha value is -3.99. The average Bonchev–Trinajstić information content (AvgIpc) is 3.57. The van der Waals surface area contributed by atoms with Crippen LogP contribution in [0.5, 0.6) is 17.2 Å². The van der Waals surface area contributed by atoms with Crippen molar-refractivity contribution in [2.24, 2.45) is 0 Å². The fraction of sp³-hybridized carbons (Fsp3) is 0.208. The molecule has 3 heterocycles. The van der Waals surface area contributed by atoms with Crippen molar-refractivity contribution in [1.82, 2.24) is 14.9 Å². The first-order valence-electron chi connectivity index (χ1n) is 10.6. The van der Waals surface area contributed by atoms with Gasteiger partial charge in [-0.15, -0.1) is 10.2 Å². The van der Waals surface area contributed by atoms with E-state index in [0.29, 0.717) is 39.6 Å². The number of fused-ring (bicyclic) bond motifs is 1. The quantitative estimate of drug-likeness (QED) is 0.374. The van der Waals surface area contributed by atoms with Crippen LogP contribution in [0.3, 0.4) is 0 Å². The zero-order valence-corrected chi connectivity index (χ0v) is 19.8. The molecule has 180 valence electrons. The van der Waals surface area contributed by atoms with Crippen molar-refractivity contribution in [2.45, 2.75) is 16.4 Å². The van der Waals surface area contributed by atoms with Crippen LogP contribution < -0.4 is 19.6 Å². The summed E-state index contributed by atoms with van der Waals surface area (Å²) in [6, 6.07) is 12.3. The molecule has 0 fully saturated rings. The molecule has 35 heavy (non-hydrogen) atoms. The van der Waals surface area contributed by atoms with Crippen LogP contribution in [0.4, 0.5) is 4.39 Å². The van der Waals surface area contributed by atoms with Crippen LogP contribution in [0.2, 0.25) is 0 Å². The molecule has 0 saturated carbocycles. The van der Waals surface area contributed by atoms with E-state index in [9.17, 15) is 9.18 Å². The maximum absolute atomic E-state index is 14.4. The van der Waals surface area contributed by atoms with Crippen LogP contribution >= 0.6 is 11.8 Å². The highest BCUT2D eigenvalue weighted by Crippen LogP contribution is 2.43. The number of Topliss-reactive ketones (excluding diaryl/α,β-unsaturated/α-hetero) is 1. The maximum atomic E-state index is 14.4. The molecule has 0 amide bonds. The normalized spacial score (nSPS) is 16.8. The van der Waals surface area contributed by atoms with Crippen molar-refractivity contribution >= 4 is 17.5 Å². The van der Waals surface area contributed by atoms with E-state index in [-0.39, 0.29) is 11.3 Å². The largest absolute Gasteiger partial charge is 0.493 e. The van der Waals surface area contributed by atoms with E-state index < -0.39 is 17.1 Å². The first-order chi connectivity index (χ1) is 17.0. The Labute approximate surface area is 204 Å². The number of rotatable bonds is 7. The van der Waals surface area contributed by atoms with Crippen molar-refractivity contribution in [3.8, 4) is 28.6 Å². The second-order valence-corrected chi connectivity index (χ2v) is 8.67. The number of ether oxygens (including phenoxy) is 3. The molecule has 9 nitrogen and oxygen atoms in total. The van der Waals surface area contributed by atoms with E-state index in [4.69, 9.17) is 18.6 Å². The van der Waals surface area contributed by atoms with Crippen molar-refractivity contribution in [2.75, 3.05) is 26.8 Å². The molecule has 1 aliphatic heterocycles. The number of ketones is 1. The molecule has 2 aromatic heterocycles. The molecule has 1 N–H and O–H groups in total. The molecule has 2 unspecified atom stereocenters. The molecule has 0 aliphatic carbocycles. The van der Waals surface area contributed by atoms with Crippen molar-refractivity contribution in [3.63, 3.8) is 0 Å². The van der Waals surface area contributed by atoms with Crippen LogP contribution in [-0.4, -0.2) is 47.2 Å². The highest BCUT2D eigenvalue weighted by molar-refractivity contribution is 8.00. The molecule has 2 aromatic carbocycles. The number of thioether (sulfide) groups is 1. The van der Waals surface area contributed by atoms with E-state index in [2.05, 4.69) is 15.6 Å². The van der Waals surface area contributed by atoms with Crippen molar-refractivity contribution in [1.29, 1.82) is 0 Å². The molecule has 5 rings (SSSR count). The van der Waals surface area contributed by atoms with Crippen molar-refractivity contribution < 1.29 is 27.8 Å². The maximum Gasteiger partial charge on any atom is 0.211 e. The lowest BCUT2D eigenvalue weighted by atomic mass is 10.0. The summed E-state index contributed by atoms with van der Waals surface area (Å²) >= 11 is 1.18. The minimum Gasteiger partial charge on any atom is -0.493 e. The second-order valence-electron chi connectivity index (χ2n) is 7.56. The first-order valence-corrected chi connectivity index (χ1v) is 11.4. The SMILES string of the molecule is COc1cc(-c2nnc3n2NC(c2ccco2)C(C(=O)c2ccccc2F)S3)cc(OC)c1OC. The number of halogens is 1. The van der Waals surface area contributed by atoms with Crippen LogP contribution in [0, 0.1) is 5.82 Å². The third kappa shape index (κ3) is 3.97. The second kappa shape index (κ2) is 9.34. The van der Waals surface area contributed by atoms with Gasteiger partial charge in [0.1, 0.15) is 22.9 Å². The number of carbonyl (C=O) groups is 1. The van der Waals surface area contributed by atoms with E-state index in [0.717, 1.165) is 0 Å². The highest BCUT2D eigenvalue weighted by Gasteiger charge is 2.40. The number of nitrogens with zero attached hydrogens (tertiary/aromatic N) is 3. The van der Waals surface area contributed by atoms with Gasteiger partial charge in [-0.1, -0.05) is 23.9 Å². The summed E-state index contributed by atoms with van der Waals surface area (Å²) in [5, 5.41) is 8.30. The molecule has 0 bridgehead atoms. The van der Waals surface area contributed by atoms with Crippen LogP contribution in [0.25, 0.3) is 11.4 Å². The molecule has 0 spiro atoms. The van der Waals surface area contributed by atoms with Crippen LogP contribution in [0.15, 0.2) is 64.4 Å². The number of hydrogen-bond donors (Lipinski definition) is 1. The molecular formula is C24H21FN4O5S. The van der Waals surface area contributed by atoms with Crippen LogP contribution in [-0.2, 0) is 0 Å². The number of carbonyl (C=O) groups excluding carboxylic acids is 1. The Kier molecular flexibility index (Phi) is 6.08. The summed E-state index contributed by atoms with van der Waals surface area (Å²) in [5.74, 6) is 1.37. The molecule has 11 heteroatoms. The Morgan fingerprint density at radius 3 is 2.43 bits per heavy atom. The van der Waals surface area contributed by atoms with Gasteiger partial charge in [0.15, 0.2) is 23.1 Å². The number of furan rings is 1. The first kappa shape index (κ1) is 22.8. The monoisotopic (exact) mass is 496 g/mol. The fourth-order valence-electron chi connectivity index (χ4n) is 3.95.